The molecule has 0 saturated carbocycles. The Kier molecular flexibility index (Phi) is 3.23. The van der Waals surface area contributed by atoms with Crippen LogP contribution >= 0.6 is 15.9 Å². The first-order chi connectivity index (χ1) is 9.56. The van der Waals surface area contributed by atoms with Crippen LogP contribution in [-0.2, 0) is 0 Å². The molecule has 1 unspecified atom stereocenters. The lowest BCUT2D eigenvalue weighted by atomic mass is 10.1. The fourth-order valence-electron chi connectivity index (χ4n) is 2.12. The predicted molar refractivity (Wildman–Crippen MR) is 78.8 cm³/mol. The Balaban J connectivity index is 2.10. The molecule has 5 heteroatoms. The number of aliphatic hydroxyl groups excluding tert-OH is 1. The number of furan rings is 1. The van der Waals surface area contributed by atoms with Gasteiger partial charge in [-0.2, -0.15) is 0 Å². The molecular weight excluding hydrogens is 325 g/mol. The second kappa shape index (κ2) is 4.92. The van der Waals surface area contributed by atoms with Crippen molar-refractivity contribution >= 4 is 32.6 Å². The van der Waals surface area contributed by atoms with Crippen molar-refractivity contribution in [3.63, 3.8) is 0 Å². The zero-order valence-electron chi connectivity index (χ0n) is 10.3. The van der Waals surface area contributed by atoms with E-state index < -0.39 is 11.9 Å². The number of fused-ring (bicyclic) bond motifs is 1. The van der Waals surface area contributed by atoms with Gasteiger partial charge in [-0.15, -0.1) is 0 Å². The molecule has 3 aromatic rings. The maximum Gasteiger partial charge on any atom is 0.170 e. The van der Waals surface area contributed by atoms with Crippen LogP contribution in [0.5, 0.6) is 0 Å². The summed E-state index contributed by atoms with van der Waals surface area (Å²) < 4.78 is 19.8. The lowest BCUT2D eigenvalue weighted by Crippen LogP contribution is -2.02. The van der Waals surface area contributed by atoms with E-state index in [9.17, 15) is 9.50 Å². The van der Waals surface area contributed by atoms with E-state index in [0.29, 0.717) is 16.6 Å². The van der Waals surface area contributed by atoms with Crippen LogP contribution in [0.3, 0.4) is 0 Å². The topological polar surface area (TPSA) is 59.4 Å². The monoisotopic (exact) mass is 335 g/mol. The molecule has 0 saturated heterocycles. The highest BCUT2D eigenvalue weighted by molar-refractivity contribution is 9.10. The molecule has 0 radical (unpaired) electrons. The molecule has 3 rings (SSSR count). The molecule has 0 aliphatic carbocycles. The van der Waals surface area contributed by atoms with E-state index in [0.717, 1.165) is 4.47 Å². The fourth-order valence-corrected chi connectivity index (χ4v) is 2.50. The van der Waals surface area contributed by atoms with Crippen molar-refractivity contribution in [3.8, 4) is 0 Å². The number of nitrogen functional groups attached to an aromatic ring is 1. The highest BCUT2D eigenvalue weighted by Gasteiger charge is 2.19. The molecule has 2 aromatic carbocycles. The SMILES string of the molecule is Nc1ccc(Br)cc1C(O)c1cc2cccc(F)c2o1. The van der Waals surface area contributed by atoms with E-state index in [1.54, 1.807) is 36.4 Å². The first kappa shape index (κ1) is 13.1. The van der Waals surface area contributed by atoms with Gasteiger partial charge >= 0.3 is 0 Å². The molecule has 1 aromatic heterocycles. The normalized spacial score (nSPS) is 12.8. The Morgan fingerprint density at radius 3 is 2.75 bits per heavy atom. The van der Waals surface area contributed by atoms with Gasteiger partial charge in [0, 0.05) is 21.1 Å². The average molecular weight is 336 g/mol. The van der Waals surface area contributed by atoms with Gasteiger partial charge in [0.15, 0.2) is 11.4 Å². The van der Waals surface area contributed by atoms with Crippen molar-refractivity contribution in [1.82, 2.24) is 0 Å². The number of halogens is 2. The van der Waals surface area contributed by atoms with E-state index in [-0.39, 0.29) is 11.3 Å². The molecule has 0 bridgehead atoms. The standard InChI is InChI=1S/C15H11BrFNO2/c16-9-4-5-12(18)10(7-9)14(19)13-6-8-2-1-3-11(17)15(8)20-13/h1-7,14,19H,18H2. The summed E-state index contributed by atoms with van der Waals surface area (Å²) in [4.78, 5) is 0. The molecular formula is C15H11BrFNO2. The highest BCUT2D eigenvalue weighted by atomic mass is 79.9. The van der Waals surface area contributed by atoms with Crippen LogP contribution in [0.25, 0.3) is 11.0 Å². The number of nitrogens with two attached hydrogens (primary N) is 1. The van der Waals surface area contributed by atoms with Crippen molar-refractivity contribution in [2.24, 2.45) is 0 Å². The van der Waals surface area contributed by atoms with Gasteiger partial charge in [0.1, 0.15) is 11.9 Å². The Labute approximate surface area is 122 Å². The van der Waals surface area contributed by atoms with E-state index in [1.807, 2.05) is 0 Å². The summed E-state index contributed by atoms with van der Waals surface area (Å²) in [5, 5.41) is 11.0. The minimum Gasteiger partial charge on any atom is -0.455 e. The number of hydrogen-bond acceptors (Lipinski definition) is 3. The third kappa shape index (κ3) is 2.19. The molecule has 102 valence electrons. The van der Waals surface area contributed by atoms with Crippen molar-refractivity contribution in [2.45, 2.75) is 6.10 Å². The summed E-state index contributed by atoms with van der Waals surface area (Å²) in [6, 6.07) is 11.4. The zero-order valence-corrected chi connectivity index (χ0v) is 11.9. The minimum absolute atomic E-state index is 0.134. The van der Waals surface area contributed by atoms with Crippen molar-refractivity contribution in [1.29, 1.82) is 0 Å². The number of anilines is 1. The van der Waals surface area contributed by atoms with E-state index >= 15 is 0 Å². The summed E-state index contributed by atoms with van der Waals surface area (Å²) in [7, 11) is 0. The van der Waals surface area contributed by atoms with Crippen LogP contribution in [0.1, 0.15) is 17.4 Å². The Bertz CT molecular complexity index is 785. The molecule has 1 heterocycles. The Hall–Kier alpha value is -1.85. The summed E-state index contributed by atoms with van der Waals surface area (Å²) in [5.41, 5.74) is 6.95. The Morgan fingerprint density at radius 2 is 2.00 bits per heavy atom. The van der Waals surface area contributed by atoms with E-state index in [1.165, 1.54) is 6.07 Å². The van der Waals surface area contributed by atoms with E-state index in [2.05, 4.69) is 15.9 Å². The van der Waals surface area contributed by atoms with Crippen LogP contribution in [0, 0.1) is 5.82 Å². The molecule has 1 atom stereocenters. The summed E-state index contributed by atoms with van der Waals surface area (Å²) in [6.07, 6.45) is -1.04. The number of hydrogen-bond donors (Lipinski definition) is 2. The highest BCUT2D eigenvalue weighted by Crippen LogP contribution is 2.33. The largest absolute Gasteiger partial charge is 0.455 e. The van der Waals surface area contributed by atoms with Gasteiger partial charge in [0.25, 0.3) is 0 Å². The lowest BCUT2D eigenvalue weighted by molar-refractivity contribution is 0.192. The molecule has 0 aliphatic rings. The second-order valence-corrected chi connectivity index (χ2v) is 5.40. The third-order valence-corrected chi connectivity index (χ3v) is 3.62. The molecule has 3 N–H and O–H groups in total. The smallest absolute Gasteiger partial charge is 0.170 e. The third-order valence-electron chi connectivity index (χ3n) is 3.13. The molecule has 0 amide bonds. The van der Waals surface area contributed by atoms with Crippen LogP contribution in [-0.4, -0.2) is 5.11 Å². The van der Waals surface area contributed by atoms with Crippen LogP contribution in [0.4, 0.5) is 10.1 Å². The maximum absolute atomic E-state index is 13.6. The van der Waals surface area contributed by atoms with Gasteiger partial charge < -0.3 is 15.3 Å². The van der Waals surface area contributed by atoms with Gasteiger partial charge in [-0.1, -0.05) is 28.1 Å². The molecule has 3 nitrogen and oxygen atoms in total. The van der Waals surface area contributed by atoms with Crippen LogP contribution in [0.2, 0.25) is 0 Å². The van der Waals surface area contributed by atoms with Crippen molar-refractivity contribution in [3.05, 3.63) is 64.1 Å². The molecule has 0 aliphatic heterocycles. The molecule has 0 fully saturated rings. The zero-order chi connectivity index (χ0) is 14.3. The van der Waals surface area contributed by atoms with Crippen molar-refractivity contribution in [2.75, 3.05) is 5.73 Å². The van der Waals surface area contributed by atoms with Crippen LogP contribution < -0.4 is 5.73 Å². The van der Waals surface area contributed by atoms with Gasteiger partial charge in [-0.3, -0.25) is 0 Å². The predicted octanol–water partition coefficient (Wildman–Crippen LogP) is 4.00. The summed E-state index contributed by atoms with van der Waals surface area (Å²) in [6.45, 7) is 0. The van der Waals surface area contributed by atoms with Gasteiger partial charge in [-0.25, -0.2) is 4.39 Å². The molecule has 20 heavy (non-hydrogen) atoms. The lowest BCUT2D eigenvalue weighted by Gasteiger charge is -2.11. The maximum atomic E-state index is 13.6. The minimum atomic E-state index is -1.04. The Morgan fingerprint density at radius 1 is 1.20 bits per heavy atom. The molecule has 0 spiro atoms. The van der Waals surface area contributed by atoms with Gasteiger partial charge in [0.2, 0.25) is 0 Å². The fraction of sp³-hybridized carbons (Fsp3) is 0.0667. The summed E-state index contributed by atoms with van der Waals surface area (Å²) in [5.74, 6) is -0.196. The van der Waals surface area contributed by atoms with Crippen LogP contribution in [0.15, 0.2) is 51.4 Å². The van der Waals surface area contributed by atoms with E-state index in [4.69, 9.17) is 10.2 Å². The number of rotatable bonds is 2. The first-order valence-electron chi connectivity index (χ1n) is 5.97. The quantitative estimate of drug-likeness (QED) is 0.696. The average Bonchev–Trinajstić information content (AvgIpc) is 2.86. The summed E-state index contributed by atoms with van der Waals surface area (Å²) >= 11 is 3.33. The number of benzene rings is 2. The van der Waals surface area contributed by atoms with Gasteiger partial charge in [0.05, 0.1) is 0 Å². The number of para-hydroxylation sites is 1. The number of aliphatic hydroxyl groups is 1. The first-order valence-corrected chi connectivity index (χ1v) is 6.76. The van der Waals surface area contributed by atoms with Gasteiger partial charge in [-0.05, 0) is 30.3 Å². The van der Waals surface area contributed by atoms with Crippen molar-refractivity contribution < 1.29 is 13.9 Å². The second-order valence-electron chi connectivity index (χ2n) is 4.48.